The van der Waals surface area contributed by atoms with Gasteiger partial charge in [0, 0.05) is 50.6 Å². The van der Waals surface area contributed by atoms with Crippen LogP contribution in [0.2, 0.25) is 5.02 Å². The average Bonchev–Trinajstić information content (AvgIpc) is 3.48. The van der Waals surface area contributed by atoms with Crippen molar-refractivity contribution in [2.24, 2.45) is 0 Å². The predicted molar refractivity (Wildman–Crippen MR) is 123 cm³/mol. The van der Waals surface area contributed by atoms with Gasteiger partial charge in [-0.05, 0) is 50.1 Å². The number of anilines is 2. The van der Waals surface area contributed by atoms with Gasteiger partial charge in [0.15, 0.2) is 9.84 Å². The van der Waals surface area contributed by atoms with Gasteiger partial charge in [0.05, 0.1) is 15.2 Å². The molecular formula is C22H25ClN6O2S. The van der Waals surface area contributed by atoms with Crippen molar-refractivity contribution in [2.75, 3.05) is 49.1 Å². The molecule has 10 heteroatoms. The fourth-order valence-electron chi connectivity index (χ4n) is 5.05. The highest BCUT2D eigenvalue weighted by molar-refractivity contribution is 7.92. The number of hydrogen-bond acceptors (Lipinski definition) is 8. The Morgan fingerprint density at radius 2 is 1.94 bits per heavy atom. The highest BCUT2D eigenvalue weighted by Crippen LogP contribution is 2.34. The Kier molecular flexibility index (Phi) is 5.70. The minimum atomic E-state index is -3.61. The van der Waals surface area contributed by atoms with Crippen molar-refractivity contribution >= 4 is 33.1 Å². The lowest BCUT2D eigenvalue weighted by Gasteiger charge is -2.39. The average molecular weight is 473 g/mol. The van der Waals surface area contributed by atoms with Crippen LogP contribution in [-0.2, 0) is 9.84 Å². The Bertz CT molecular complexity index is 1170. The molecule has 0 radical (unpaired) electrons. The molecule has 3 aliphatic heterocycles. The van der Waals surface area contributed by atoms with Crippen molar-refractivity contribution in [3.63, 3.8) is 0 Å². The molecule has 0 aliphatic carbocycles. The number of benzene rings is 1. The van der Waals surface area contributed by atoms with E-state index in [1.54, 1.807) is 12.1 Å². The van der Waals surface area contributed by atoms with Crippen LogP contribution in [0.25, 0.3) is 0 Å². The first-order valence-corrected chi connectivity index (χ1v) is 12.9. The van der Waals surface area contributed by atoms with E-state index in [2.05, 4.69) is 19.8 Å². The summed E-state index contributed by atoms with van der Waals surface area (Å²) in [5.74, 6) is 0.384. The molecular weight excluding hydrogens is 448 g/mol. The Labute approximate surface area is 193 Å². The van der Waals surface area contributed by atoms with E-state index >= 15 is 0 Å². The van der Waals surface area contributed by atoms with Crippen LogP contribution < -0.4 is 9.80 Å². The van der Waals surface area contributed by atoms with Gasteiger partial charge in [-0.25, -0.2) is 18.4 Å². The minimum absolute atomic E-state index is 0.181. The van der Waals surface area contributed by atoms with E-state index in [0.717, 1.165) is 25.3 Å². The maximum absolute atomic E-state index is 13.4. The summed E-state index contributed by atoms with van der Waals surface area (Å²) < 4.78 is 26.7. The molecule has 5 rings (SSSR count). The van der Waals surface area contributed by atoms with Crippen LogP contribution in [0, 0.1) is 11.3 Å². The lowest BCUT2D eigenvalue weighted by atomic mass is 10.1. The molecule has 0 amide bonds. The zero-order valence-electron chi connectivity index (χ0n) is 17.7. The summed E-state index contributed by atoms with van der Waals surface area (Å²) in [5, 5.41) is 8.73. The van der Waals surface area contributed by atoms with Gasteiger partial charge in [-0.1, -0.05) is 11.6 Å². The smallest absolute Gasteiger partial charge is 0.226 e. The van der Waals surface area contributed by atoms with Crippen LogP contribution in [0.5, 0.6) is 0 Å². The summed E-state index contributed by atoms with van der Waals surface area (Å²) >= 11 is 6.53. The number of fused-ring (bicyclic) bond motifs is 1. The van der Waals surface area contributed by atoms with E-state index in [4.69, 9.17) is 16.9 Å². The number of rotatable bonds is 4. The van der Waals surface area contributed by atoms with Gasteiger partial charge in [0.25, 0.3) is 0 Å². The zero-order valence-corrected chi connectivity index (χ0v) is 19.3. The summed E-state index contributed by atoms with van der Waals surface area (Å²) in [6.07, 6.45) is 4.45. The molecule has 0 N–H and O–H groups in total. The number of aromatic nitrogens is 2. The second-order valence-corrected chi connectivity index (χ2v) is 11.3. The van der Waals surface area contributed by atoms with E-state index < -0.39 is 15.1 Å². The predicted octanol–water partition coefficient (Wildman–Crippen LogP) is 2.34. The standard InChI is InChI=1S/C22H25ClN6O2S/c23-20-12-17(28-11-10-27-8-1-2-18(27)14-28)3-4-21(20)32(30,31)19-6-9-29(15-19)22-25-7-5-16(13-24)26-22/h3-5,7,12,18-19H,1-2,6,8-11,14-15H2/t18-,19-/m0/s1. The van der Waals surface area contributed by atoms with Gasteiger partial charge in [0.2, 0.25) is 5.95 Å². The van der Waals surface area contributed by atoms with E-state index in [1.807, 2.05) is 17.0 Å². The largest absolute Gasteiger partial charge is 0.369 e. The monoisotopic (exact) mass is 472 g/mol. The lowest BCUT2D eigenvalue weighted by molar-refractivity contribution is 0.231. The van der Waals surface area contributed by atoms with E-state index in [9.17, 15) is 8.42 Å². The molecule has 8 nitrogen and oxygen atoms in total. The SMILES string of the molecule is N#Cc1ccnc(N2CC[C@H](S(=O)(=O)c3ccc(N4CCN5CCC[C@H]5C4)cc3Cl)C2)n1. The van der Waals surface area contributed by atoms with Crippen molar-refractivity contribution in [2.45, 2.75) is 35.4 Å². The van der Waals surface area contributed by atoms with Gasteiger partial charge in [-0.15, -0.1) is 0 Å². The molecule has 32 heavy (non-hydrogen) atoms. The zero-order chi connectivity index (χ0) is 22.3. The van der Waals surface area contributed by atoms with Crippen molar-refractivity contribution in [3.05, 3.63) is 41.2 Å². The first-order valence-electron chi connectivity index (χ1n) is 11.0. The fourth-order valence-corrected chi connectivity index (χ4v) is 7.29. The Morgan fingerprint density at radius 1 is 1.06 bits per heavy atom. The van der Waals surface area contributed by atoms with Crippen LogP contribution >= 0.6 is 11.6 Å². The molecule has 0 saturated carbocycles. The van der Waals surface area contributed by atoms with Gasteiger partial charge < -0.3 is 9.80 Å². The Hall–Kier alpha value is -2.41. The maximum atomic E-state index is 13.4. The molecule has 3 fully saturated rings. The summed E-state index contributed by atoms with van der Waals surface area (Å²) in [6.45, 7) is 4.90. The second kappa shape index (κ2) is 8.50. The van der Waals surface area contributed by atoms with Crippen LogP contribution in [0.3, 0.4) is 0 Å². The van der Waals surface area contributed by atoms with Crippen molar-refractivity contribution < 1.29 is 8.42 Å². The molecule has 1 aromatic carbocycles. The summed E-state index contributed by atoms with van der Waals surface area (Å²) in [7, 11) is -3.61. The van der Waals surface area contributed by atoms with Gasteiger partial charge in [-0.2, -0.15) is 5.26 Å². The summed E-state index contributed by atoms with van der Waals surface area (Å²) in [4.78, 5) is 15.2. The number of sulfone groups is 1. The molecule has 0 spiro atoms. The van der Waals surface area contributed by atoms with E-state index in [-0.39, 0.29) is 22.2 Å². The molecule has 2 atom stereocenters. The van der Waals surface area contributed by atoms with Crippen LogP contribution in [0.4, 0.5) is 11.6 Å². The third kappa shape index (κ3) is 3.91. The first-order chi connectivity index (χ1) is 15.5. The topological polar surface area (TPSA) is 93.4 Å². The quantitative estimate of drug-likeness (QED) is 0.669. The molecule has 3 aliphatic rings. The highest BCUT2D eigenvalue weighted by atomic mass is 35.5. The first kappa shape index (κ1) is 21.4. The van der Waals surface area contributed by atoms with Crippen molar-refractivity contribution in [3.8, 4) is 6.07 Å². The highest BCUT2D eigenvalue weighted by Gasteiger charge is 2.37. The van der Waals surface area contributed by atoms with Gasteiger partial charge in [0.1, 0.15) is 11.8 Å². The molecule has 0 bridgehead atoms. The Morgan fingerprint density at radius 3 is 2.75 bits per heavy atom. The summed E-state index contributed by atoms with van der Waals surface area (Å²) in [6, 6.07) is 9.44. The third-order valence-corrected chi connectivity index (χ3v) is 9.45. The van der Waals surface area contributed by atoms with E-state index in [1.165, 1.54) is 31.6 Å². The second-order valence-electron chi connectivity index (χ2n) is 8.65. The lowest BCUT2D eigenvalue weighted by Crippen LogP contribution is -2.50. The summed E-state index contributed by atoms with van der Waals surface area (Å²) in [5.41, 5.74) is 1.24. The molecule has 2 aromatic rings. The number of halogens is 1. The molecule has 168 valence electrons. The van der Waals surface area contributed by atoms with Crippen molar-refractivity contribution in [1.29, 1.82) is 5.26 Å². The Balaban J connectivity index is 1.32. The fraction of sp³-hybridized carbons (Fsp3) is 0.500. The number of nitriles is 1. The molecule has 1 aromatic heterocycles. The number of nitrogens with zero attached hydrogens (tertiary/aromatic N) is 6. The third-order valence-electron chi connectivity index (χ3n) is 6.80. The number of piperazine rings is 1. The molecule has 0 unspecified atom stereocenters. The maximum Gasteiger partial charge on any atom is 0.226 e. The van der Waals surface area contributed by atoms with E-state index in [0.29, 0.717) is 25.0 Å². The van der Waals surface area contributed by atoms with Gasteiger partial charge in [-0.3, -0.25) is 4.90 Å². The van der Waals surface area contributed by atoms with Crippen LogP contribution in [0.15, 0.2) is 35.4 Å². The van der Waals surface area contributed by atoms with Crippen LogP contribution in [-0.4, -0.2) is 73.8 Å². The van der Waals surface area contributed by atoms with Crippen LogP contribution in [0.1, 0.15) is 25.0 Å². The molecule has 4 heterocycles. The minimum Gasteiger partial charge on any atom is -0.369 e. The van der Waals surface area contributed by atoms with Gasteiger partial charge >= 0.3 is 0 Å². The molecule has 3 saturated heterocycles. The van der Waals surface area contributed by atoms with Crippen molar-refractivity contribution in [1.82, 2.24) is 14.9 Å². The number of hydrogen-bond donors (Lipinski definition) is 0. The normalized spacial score (nSPS) is 23.9.